The quantitative estimate of drug-likeness (QED) is 0.324. The van der Waals surface area contributed by atoms with Gasteiger partial charge < -0.3 is 30.6 Å². The van der Waals surface area contributed by atoms with Gasteiger partial charge in [0.2, 0.25) is 5.91 Å². The SMILES string of the molecule is O=C(NCC(O)CO)OCC1C[C@H](c2ccc3cc(-c4ccccc4C(F)(F)F)[nH]c(=O)c3c2)C(=O)N1. The molecule has 2 amide bonds. The Kier molecular flexibility index (Phi) is 7.50. The lowest BCUT2D eigenvalue weighted by molar-refractivity contribution is -0.137. The summed E-state index contributed by atoms with van der Waals surface area (Å²) >= 11 is 0. The standard InChI is InChI=1S/C25H24F3N3O6/c26-25(27,28)20-4-2-1-3-17(20)21-8-14-6-5-13(7-18(14)23(35)31-21)19-9-15(30-22(19)34)12-37-24(36)29-10-16(33)11-32/h1-8,15-16,19,32-33H,9-12H2,(H,29,36)(H,30,34)(H,31,35)/t15?,16?,19-/m1/s1. The van der Waals surface area contributed by atoms with E-state index >= 15 is 0 Å². The molecule has 12 heteroatoms. The lowest BCUT2D eigenvalue weighted by atomic mass is 9.93. The molecule has 4 rings (SSSR count). The minimum atomic E-state index is -4.59. The van der Waals surface area contributed by atoms with Crippen LogP contribution < -0.4 is 16.2 Å². The van der Waals surface area contributed by atoms with Gasteiger partial charge in [-0.05, 0) is 35.6 Å². The fourth-order valence-electron chi connectivity index (χ4n) is 4.25. The van der Waals surface area contributed by atoms with E-state index in [4.69, 9.17) is 9.84 Å². The number of amides is 2. The monoisotopic (exact) mass is 519 g/mol. The summed E-state index contributed by atoms with van der Waals surface area (Å²) in [6.07, 6.45) is -6.24. The third-order valence-corrected chi connectivity index (χ3v) is 6.09. The van der Waals surface area contributed by atoms with E-state index in [1.165, 1.54) is 30.3 Å². The number of aromatic amines is 1. The van der Waals surface area contributed by atoms with Gasteiger partial charge in [-0.2, -0.15) is 13.2 Å². The minimum Gasteiger partial charge on any atom is -0.447 e. The maximum atomic E-state index is 13.4. The normalized spacial score (nSPS) is 18.5. The van der Waals surface area contributed by atoms with Crippen molar-refractivity contribution in [3.63, 3.8) is 0 Å². The number of carbonyl (C=O) groups is 2. The van der Waals surface area contributed by atoms with E-state index in [1.54, 1.807) is 12.1 Å². The molecule has 9 nitrogen and oxygen atoms in total. The predicted molar refractivity (Wildman–Crippen MR) is 127 cm³/mol. The highest BCUT2D eigenvalue weighted by atomic mass is 19.4. The Morgan fingerprint density at radius 2 is 1.92 bits per heavy atom. The van der Waals surface area contributed by atoms with Crippen LogP contribution in [0.25, 0.3) is 22.0 Å². The molecule has 0 saturated carbocycles. The zero-order chi connectivity index (χ0) is 26.7. The number of rotatable bonds is 7. The molecule has 0 aliphatic carbocycles. The average Bonchev–Trinajstić information content (AvgIpc) is 3.25. The molecule has 3 aromatic rings. The van der Waals surface area contributed by atoms with Crippen LogP contribution in [0.3, 0.4) is 0 Å². The van der Waals surface area contributed by atoms with E-state index in [1.807, 2.05) is 0 Å². The topological polar surface area (TPSA) is 141 Å². The molecule has 1 aromatic heterocycles. The van der Waals surface area contributed by atoms with Gasteiger partial charge in [0, 0.05) is 23.2 Å². The first kappa shape index (κ1) is 26.2. The molecule has 5 N–H and O–H groups in total. The number of alkyl halides is 3. The third kappa shape index (κ3) is 5.92. The number of H-pyrrole nitrogens is 1. The fraction of sp³-hybridized carbons (Fsp3) is 0.320. The Morgan fingerprint density at radius 3 is 2.65 bits per heavy atom. The van der Waals surface area contributed by atoms with Crippen LogP contribution >= 0.6 is 0 Å². The van der Waals surface area contributed by atoms with Gasteiger partial charge in [-0.1, -0.05) is 30.3 Å². The summed E-state index contributed by atoms with van der Waals surface area (Å²) in [7, 11) is 0. The summed E-state index contributed by atoms with van der Waals surface area (Å²) in [5, 5.41) is 23.6. The number of aliphatic hydroxyl groups excluding tert-OH is 2. The Labute approximate surface area is 208 Å². The van der Waals surface area contributed by atoms with Gasteiger partial charge in [0.15, 0.2) is 0 Å². The van der Waals surface area contributed by atoms with Crippen LogP contribution in [0.5, 0.6) is 0 Å². The number of carbonyl (C=O) groups excluding carboxylic acids is 2. The molecule has 196 valence electrons. The van der Waals surface area contributed by atoms with Crippen LogP contribution in [0.15, 0.2) is 53.3 Å². The molecular formula is C25H24F3N3O6. The summed E-state index contributed by atoms with van der Waals surface area (Å²) in [5.74, 6) is -0.946. The van der Waals surface area contributed by atoms with Crippen molar-refractivity contribution in [2.45, 2.75) is 30.7 Å². The lowest BCUT2D eigenvalue weighted by Crippen LogP contribution is -2.37. The molecule has 1 aliphatic heterocycles. The van der Waals surface area contributed by atoms with Gasteiger partial charge in [-0.15, -0.1) is 0 Å². The second-order valence-corrected chi connectivity index (χ2v) is 8.71. The Bertz CT molecular complexity index is 1370. The van der Waals surface area contributed by atoms with Crippen LogP contribution in [0.1, 0.15) is 23.5 Å². The van der Waals surface area contributed by atoms with E-state index < -0.39 is 48.1 Å². The maximum absolute atomic E-state index is 13.4. The molecule has 3 atom stereocenters. The number of aliphatic hydroxyl groups is 2. The molecule has 2 heterocycles. The fourth-order valence-corrected chi connectivity index (χ4v) is 4.25. The van der Waals surface area contributed by atoms with Crippen molar-refractivity contribution in [3.05, 3.63) is 70.0 Å². The molecular weight excluding hydrogens is 495 g/mol. The number of alkyl carbamates (subject to hydrolysis) is 1. The minimum absolute atomic E-state index is 0.0266. The number of halogens is 3. The first-order valence-corrected chi connectivity index (χ1v) is 11.4. The van der Waals surface area contributed by atoms with Crippen LogP contribution in [0, 0.1) is 0 Å². The number of fused-ring (bicyclic) bond motifs is 1. The third-order valence-electron chi connectivity index (χ3n) is 6.09. The van der Waals surface area contributed by atoms with Gasteiger partial charge in [-0.3, -0.25) is 9.59 Å². The number of pyridine rings is 1. The Hall–Kier alpha value is -3.90. The molecule has 2 unspecified atom stereocenters. The molecule has 2 aromatic carbocycles. The lowest BCUT2D eigenvalue weighted by Gasteiger charge is -2.14. The van der Waals surface area contributed by atoms with Gasteiger partial charge in [-0.25, -0.2) is 4.79 Å². The summed E-state index contributed by atoms with van der Waals surface area (Å²) in [6.45, 7) is -0.832. The highest BCUT2D eigenvalue weighted by Crippen LogP contribution is 2.37. The van der Waals surface area contributed by atoms with Crippen molar-refractivity contribution < 1.29 is 37.7 Å². The van der Waals surface area contributed by atoms with Gasteiger partial charge in [0.1, 0.15) is 6.61 Å². The van der Waals surface area contributed by atoms with Crippen molar-refractivity contribution in [1.29, 1.82) is 0 Å². The zero-order valence-electron chi connectivity index (χ0n) is 19.3. The average molecular weight is 519 g/mol. The number of hydrogen-bond donors (Lipinski definition) is 5. The molecule has 1 aliphatic rings. The summed E-state index contributed by atoms with van der Waals surface area (Å²) < 4.78 is 45.4. The van der Waals surface area contributed by atoms with E-state index in [9.17, 15) is 32.7 Å². The second kappa shape index (κ2) is 10.6. The Balaban J connectivity index is 1.50. The summed E-state index contributed by atoms with van der Waals surface area (Å²) in [5.41, 5.74) is -1.04. The largest absolute Gasteiger partial charge is 0.447 e. The first-order valence-electron chi connectivity index (χ1n) is 11.4. The second-order valence-electron chi connectivity index (χ2n) is 8.71. The summed E-state index contributed by atoms with van der Waals surface area (Å²) in [6, 6.07) is 10.7. The van der Waals surface area contributed by atoms with E-state index in [0.717, 1.165) is 6.07 Å². The molecule has 0 bridgehead atoms. The van der Waals surface area contributed by atoms with E-state index in [-0.39, 0.29) is 42.1 Å². The summed E-state index contributed by atoms with van der Waals surface area (Å²) in [4.78, 5) is 39.6. The van der Waals surface area contributed by atoms with Crippen molar-refractivity contribution >= 4 is 22.8 Å². The van der Waals surface area contributed by atoms with Crippen LogP contribution in [-0.4, -0.2) is 59.1 Å². The molecule has 0 spiro atoms. The highest BCUT2D eigenvalue weighted by Gasteiger charge is 2.35. The van der Waals surface area contributed by atoms with Gasteiger partial charge >= 0.3 is 12.3 Å². The molecule has 1 fully saturated rings. The van der Waals surface area contributed by atoms with Gasteiger partial charge in [0.25, 0.3) is 5.56 Å². The number of aromatic nitrogens is 1. The zero-order valence-corrected chi connectivity index (χ0v) is 19.3. The van der Waals surface area contributed by atoms with E-state index in [2.05, 4.69) is 15.6 Å². The van der Waals surface area contributed by atoms with Crippen molar-refractivity contribution in [3.8, 4) is 11.3 Å². The number of hydrogen-bond acceptors (Lipinski definition) is 6. The smallest absolute Gasteiger partial charge is 0.417 e. The van der Waals surface area contributed by atoms with Crippen molar-refractivity contribution in [2.75, 3.05) is 19.8 Å². The molecule has 0 radical (unpaired) electrons. The molecule has 1 saturated heterocycles. The van der Waals surface area contributed by atoms with Crippen molar-refractivity contribution in [1.82, 2.24) is 15.6 Å². The number of benzene rings is 2. The van der Waals surface area contributed by atoms with E-state index in [0.29, 0.717) is 10.9 Å². The van der Waals surface area contributed by atoms with Crippen LogP contribution in [-0.2, 0) is 15.7 Å². The van der Waals surface area contributed by atoms with Crippen molar-refractivity contribution in [2.24, 2.45) is 0 Å². The van der Waals surface area contributed by atoms with Crippen LogP contribution in [0.4, 0.5) is 18.0 Å². The maximum Gasteiger partial charge on any atom is 0.417 e. The highest BCUT2D eigenvalue weighted by molar-refractivity contribution is 5.90. The number of nitrogens with one attached hydrogen (secondary N) is 3. The Morgan fingerprint density at radius 1 is 1.16 bits per heavy atom. The van der Waals surface area contributed by atoms with Crippen LogP contribution in [0.2, 0.25) is 0 Å². The van der Waals surface area contributed by atoms with Gasteiger partial charge in [0.05, 0.1) is 30.2 Å². The number of ether oxygens (including phenoxy) is 1. The molecule has 37 heavy (non-hydrogen) atoms. The predicted octanol–water partition coefficient (Wildman–Crippen LogP) is 2.27. The first-order chi connectivity index (χ1) is 17.6.